The van der Waals surface area contributed by atoms with Crippen LogP contribution in [0.1, 0.15) is 59.3 Å². The minimum atomic E-state index is -3.06. The first kappa shape index (κ1) is 23.6. The minimum absolute atomic E-state index is 0.0573. The largest absolute Gasteiger partial charge is 0.376 e. The number of hydrogen-bond donors (Lipinski definition) is 2. The number of carbonyl (C=O) groups is 2. The highest BCUT2D eigenvalue weighted by Crippen LogP contribution is 2.28. The predicted molar refractivity (Wildman–Crippen MR) is 124 cm³/mol. The Kier molecular flexibility index (Phi) is 7.29. The number of benzene rings is 1. The van der Waals surface area contributed by atoms with E-state index < -0.39 is 15.3 Å². The SMILES string of the molecule is CC(C)(C)C(=O)Nc1cccc(NCC(=O)N(C2CCCCC2)C2CCS(=O)(=O)C2)c1. The number of rotatable bonds is 6. The Morgan fingerprint density at radius 3 is 2.32 bits per heavy atom. The molecule has 0 aromatic heterocycles. The molecule has 1 aliphatic heterocycles. The van der Waals surface area contributed by atoms with Crippen molar-refractivity contribution >= 4 is 33.0 Å². The molecule has 0 spiro atoms. The van der Waals surface area contributed by atoms with Crippen LogP contribution in [0.4, 0.5) is 11.4 Å². The van der Waals surface area contributed by atoms with E-state index in [1.54, 1.807) is 0 Å². The van der Waals surface area contributed by atoms with E-state index in [0.29, 0.717) is 12.1 Å². The maximum atomic E-state index is 13.2. The second-order valence-corrected chi connectivity index (χ2v) is 12.0. The fourth-order valence-electron chi connectivity index (χ4n) is 4.35. The molecule has 2 aliphatic rings. The Bertz CT molecular complexity index is 902. The normalized spacial score (nSPS) is 21.5. The van der Waals surface area contributed by atoms with E-state index in [2.05, 4.69) is 10.6 Å². The average Bonchev–Trinajstić information content (AvgIpc) is 3.06. The van der Waals surface area contributed by atoms with E-state index in [0.717, 1.165) is 31.4 Å². The standard InChI is InChI=1S/C23H35N3O4S/c1-23(2,3)22(28)25-18-9-7-8-17(14-18)24-15-21(27)26(19-10-5-4-6-11-19)20-12-13-31(29,30)16-20/h7-9,14,19-20,24H,4-6,10-13,15-16H2,1-3H3,(H,25,28). The Morgan fingerprint density at radius 1 is 1.03 bits per heavy atom. The lowest BCUT2D eigenvalue weighted by Crippen LogP contribution is -2.50. The van der Waals surface area contributed by atoms with Crippen molar-refractivity contribution in [1.29, 1.82) is 0 Å². The van der Waals surface area contributed by atoms with Crippen LogP contribution in [-0.4, -0.2) is 55.3 Å². The molecular weight excluding hydrogens is 414 g/mol. The molecule has 1 heterocycles. The maximum absolute atomic E-state index is 13.2. The van der Waals surface area contributed by atoms with Gasteiger partial charge in [0, 0.05) is 28.9 Å². The van der Waals surface area contributed by atoms with Gasteiger partial charge < -0.3 is 15.5 Å². The first-order valence-electron chi connectivity index (χ1n) is 11.2. The number of carbonyl (C=O) groups excluding carboxylic acids is 2. The van der Waals surface area contributed by atoms with Crippen molar-refractivity contribution in [2.24, 2.45) is 5.41 Å². The summed E-state index contributed by atoms with van der Waals surface area (Å²) >= 11 is 0. The van der Waals surface area contributed by atoms with Gasteiger partial charge in [-0.2, -0.15) is 0 Å². The molecule has 0 radical (unpaired) electrons. The Hall–Kier alpha value is -2.09. The van der Waals surface area contributed by atoms with Gasteiger partial charge in [-0.3, -0.25) is 9.59 Å². The van der Waals surface area contributed by atoms with Gasteiger partial charge in [0.05, 0.1) is 18.1 Å². The molecule has 2 N–H and O–H groups in total. The van der Waals surface area contributed by atoms with E-state index >= 15 is 0 Å². The van der Waals surface area contributed by atoms with Gasteiger partial charge >= 0.3 is 0 Å². The molecule has 7 nitrogen and oxygen atoms in total. The second kappa shape index (κ2) is 9.59. The molecular formula is C23H35N3O4S. The summed E-state index contributed by atoms with van der Waals surface area (Å²) in [4.78, 5) is 27.3. The minimum Gasteiger partial charge on any atom is -0.376 e. The number of nitrogens with one attached hydrogen (secondary N) is 2. The van der Waals surface area contributed by atoms with Gasteiger partial charge in [-0.25, -0.2) is 8.42 Å². The lowest BCUT2D eigenvalue weighted by molar-refractivity contribution is -0.134. The molecule has 2 fully saturated rings. The van der Waals surface area contributed by atoms with Crippen molar-refractivity contribution in [1.82, 2.24) is 4.90 Å². The molecule has 1 aliphatic carbocycles. The monoisotopic (exact) mass is 449 g/mol. The van der Waals surface area contributed by atoms with Gasteiger partial charge in [0.2, 0.25) is 11.8 Å². The number of sulfone groups is 1. The van der Waals surface area contributed by atoms with Crippen molar-refractivity contribution < 1.29 is 18.0 Å². The van der Waals surface area contributed by atoms with Crippen molar-refractivity contribution in [3.63, 3.8) is 0 Å². The number of amides is 2. The van der Waals surface area contributed by atoms with Crippen LogP contribution in [0.2, 0.25) is 0 Å². The van der Waals surface area contributed by atoms with Gasteiger partial charge in [0.1, 0.15) is 0 Å². The van der Waals surface area contributed by atoms with E-state index in [-0.39, 0.29) is 41.9 Å². The van der Waals surface area contributed by atoms with Gasteiger partial charge in [-0.05, 0) is 37.5 Å². The number of nitrogens with zero attached hydrogens (tertiary/aromatic N) is 1. The first-order chi connectivity index (χ1) is 14.5. The Labute approximate surface area is 185 Å². The van der Waals surface area contributed by atoms with Gasteiger partial charge in [0.25, 0.3) is 0 Å². The van der Waals surface area contributed by atoms with Crippen LogP contribution in [0, 0.1) is 5.41 Å². The summed E-state index contributed by atoms with van der Waals surface area (Å²) in [5.74, 6) is 0.102. The van der Waals surface area contributed by atoms with Crippen LogP contribution in [0.3, 0.4) is 0 Å². The fraction of sp³-hybridized carbons (Fsp3) is 0.652. The third kappa shape index (κ3) is 6.45. The van der Waals surface area contributed by atoms with Crippen LogP contribution in [0.15, 0.2) is 24.3 Å². The maximum Gasteiger partial charge on any atom is 0.242 e. The van der Waals surface area contributed by atoms with Gasteiger partial charge in [-0.15, -0.1) is 0 Å². The lowest BCUT2D eigenvalue weighted by atomic mass is 9.93. The van der Waals surface area contributed by atoms with E-state index in [1.165, 1.54) is 6.42 Å². The highest BCUT2D eigenvalue weighted by Gasteiger charge is 2.38. The molecule has 1 saturated heterocycles. The highest BCUT2D eigenvalue weighted by atomic mass is 32.2. The van der Waals surface area contributed by atoms with Crippen LogP contribution in [0.5, 0.6) is 0 Å². The molecule has 172 valence electrons. The second-order valence-electron chi connectivity index (χ2n) is 9.79. The molecule has 1 aromatic carbocycles. The van der Waals surface area contributed by atoms with E-state index in [1.807, 2.05) is 49.9 Å². The summed E-state index contributed by atoms with van der Waals surface area (Å²) in [6, 6.07) is 7.20. The summed E-state index contributed by atoms with van der Waals surface area (Å²) in [5.41, 5.74) is 0.910. The van der Waals surface area contributed by atoms with E-state index in [9.17, 15) is 18.0 Å². The Morgan fingerprint density at radius 2 is 1.71 bits per heavy atom. The zero-order valence-electron chi connectivity index (χ0n) is 18.8. The topological polar surface area (TPSA) is 95.6 Å². The van der Waals surface area contributed by atoms with Gasteiger partial charge in [0.15, 0.2) is 9.84 Å². The summed E-state index contributed by atoms with van der Waals surface area (Å²) in [6.45, 7) is 5.66. The fourth-order valence-corrected chi connectivity index (χ4v) is 6.07. The predicted octanol–water partition coefficient (Wildman–Crippen LogP) is 3.43. The van der Waals surface area contributed by atoms with Crippen molar-refractivity contribution in [2.75, 3.05) is 28.7 Å². The summed E-state index contributed by atoms with van der Waals surface area (Å²) in [5, 5.41) is 6.07. The van der Waals surface area contributed by atoms with Crippen molar-refractivity contribution in [3.05, 3.63) is 24.3 Å². The molecule has 1 saturated carbocycles. The Balaban J connectivity index is 1.66. The summed E-state index contributed by atoms with van der Waals surface area (Å²) in [6.07, 6.45) is 5.74. The number of hydrogen-bond acceptors (Lipinski definition) is 5. The average molecular weight is 450 g/mol. The smallest absolute Gasteiger partial charge is 0.242 e. The van der Waals surface area contributed by atoms with Crippen molar-refractivity contribution in [3.8, 4) is 0 Å². The van der Waals surface area contributed by atoms with Gasteiger partial charge in [-0.1, -0.05) is 46.1 Å². The van der Waals surface area contributed by atoms with Crippen LogP contribution in [-0.2, 0) is 19.4 Å². The molecule has 31 heavy (non-hydrogen) atoms. The van der Waals surface area contributed by atoms with Crippen LogP contribution < -0.4 is 10.6 Å². The third-order valence-electron chi connectivity index (χ3n) is 6.10. The van der Waals surface area contributed by atoms with E-state index in [4.69, 9.17) is 0 Å². The number of anilines is 2. The van der Waals surface area contributed by atoms with Crippen molar-refractivity contribution in [2.45, 2.75) is 71.4 Å². The third-order valence-corrected chi connectivity index (χ3v) is 7.85. The summed E-state index contributed by atoms with van der Waals surface area (Å²) < 4.78 is 24.1. The zero-order chi connectivity index (χ0) is 22.6. The molecule has 1 aromatic rings. The quantitative estimate of drug-likeness (QED) is 0.694. The molecule has 0 bridgehead atoms. The molecule has 1 atom stereocenters. The molecule has 8 heteroatoms. The lowest BCUT2D eigenvalue weighted by Gasteiger charge is -2.38. The molecule has 3 rings (SSSR count). The zero-order valence-corrected chi connectivity index (χ0v) is 19.6. The molecule has 1 unspecified atom stereocenters. The molecule has 2 amide bonds. The van der Waals surface area contributed by atoms with Crippen LogP contribution >= 0.6 is 0 Å². The highest BCUT2D eigenvalue weighted by molar-refractivity contribution is 7.91. The van der Waals surface area contributed by atoms with Crippen LogP contribution in [0.25, 0.3) is 0 Å². The summed E-state index contributed by atoms with van der Waals surface area (Å²) in [7, 11) is -3.06. The first-order valence-corrected chi connectivity index (χ1v) is 13.0.